The second kappa shape index (κ2) is 4.11. The van der Waals surface area contributed by atoms with E-state index < -0.39 is 0 Å². The number of ether oxygens (including phenoxy) is 1. The number of nitrogen functional groups attached to an aromatic ring is 1. The summed E-state index contributed by atoms with van der Waals surface area (Å²) in [4.78, 5) is 2.33. The molecule has 2 rings (SSSR count). The zero-order valence-corrected chi connectivity index (χ0v) is 9.31. The predicted molar refractivity (Wildman–Crippen MR) is 63.1 cm³/mol. The summed E-state index contributed by atoms with van der Waals surface area (Å²) in [5, 5.41) is 0. The number of morpholine rings is 1. The molecular formula is C12H18N2O. The van der Waals surface area contributed by atoms with Crippen molar-refractivity contribution in [3.05, 3.63) is 24.3 Å². The maximum absolute atomic E-state index is 5.78. The molecule has 1 aliphatic rings. The SMILES string of the molecule is CC1CN(c2cccc(N)c2)CC(C)O1. The van der Waals surface area contributed by atoms with Crippen LogP contribution < -0.4 is 10.6 Å². The van der Waals surface area contributed by atoms with Crippen LogP contribution in [0, 0.1) is 0 Å². The molecule has 0 spiro atoms. The van der Waals surface area contributed by atoms with Crippen LogP contribution in [0.5, 0.6) is 0 Å². The molecule has 0 amide bonds. The van der Waals surface area contributed by atoms with Crippen LogP contribution in [0.4, 0.5) is 11.4 Å². The molecule has 0 saturated carbocycles. The number of benzene rings is 1. The summed E-state index contributed by atoms with van der Waals surface area (Å²) < 4.78 is 5.70. The van der Waals surface area contributed by atoms with Crippen molar-refractivity contribution in [3.63, 3.8) is 0 Å². The van der Waals surface area contributed by atoms with Crippen LogP contribution in [0.2, 0.25) is 0 Å². The van der Waals surface area contributed by atoms with Gasteiger partial charge in [0.1, 0.15) is 0 Å². The predicted octanol–water partition coefficient (Wildman–Crippen LogP) is 1.88. The fourth-order valence-electron chi connectivity index (χ4n) is 2.11. The van der Waals surface area contributed by atoms with Crippen molar-refractivity contribution in [2.45, 2.75) is 26.1 Å². The Morgan fingerprint density at radius 3 is 2.53 bits per heavy atom. The molecule has 1 fully saturated rings. The van der Waals surface area contributed by atoms with Gasteiger partial charge >= 0.3 is 0 Å². The van der Waals surface area contributed by atoms with Gasteiger partial charge < -0.3 is 15.4 Å². The van der Waals surface area contributed by atoms with Gasteiger partial charge in [0.15, 0.2) is 0 Å². The highest BCUT2D eigenvalue weighted by molar-refractivity contribution is 5.56. The van der Waals surface area contributed by atoms with Crippen LogP contribution >= 0.6 is 0 Å². The van der Waals surface area contributed by atoms with Crippen LogP contribution in [0.1, 0.15) is 13.8 Å². The number of hydrogen-bond donors (Lipinski definition) is 1. The van der Waals surface area contributed by atoms with E-state index in [9.17, 15) is 0 Å². The van der Waals surface area contributed by atoms with E-state index in [0.717, 1.165) is 18.8 Å². The first-order valence-corrected chi connectivity index (χ1v) is 5.41. The minimum atomic E-state index is 0.287. The lowest BCUT2D eigenvalue weighted by Crippen LogP contribution is -2.45. The third-order valence-corrected chi connectivity index (χ3v) is 2.65. The Kier molecular flexibility index (Phi) is 2.82. The maximum Gasteiger partial charge on any atom is 0.0726 e. The summed E-state index contributed by atoms with van der Waals surface area (Å²) in [6.07, 6.45) is 0.574. The molecule has 0 bridgehead atoms. The highest BCUT2D eigenvalue weighted by Crippen LogP contribution is 2.21. The molecule has 0 aliphatic carbocycles. The molecule has 1 aromatic rings. The maximum atomic E-state index is 5.78. The first-order chi connectivity index (χ1) is 7.15. The normalized spacial score (nSPS) is 26.7. The van der Waals surface area contributed by atoms with Crippen molar-refractivity contribution in [1.29, 1.82) is 0 Å². The van der Waals surface area contributed by atoms with E-state index in [1.165, 1.54) is 5.69 Å². The first kappa shape index (κ1) is 10.3. The third kappa shape index (κ3) is 2.42. The topological polar surface area (TPSA) is 38.5 Å². The van der Waals surface area contributed by atoms with Gasteiger partial charge in [-0.25, -0.2) is 0 Å². The number of rotatable bonds is 1. The molecule has 3 heteroatoms. The van der Waals surface area contributed by atoms with Gasteiger partial charge in [0, 0.05) is 24.5 Å². The van der Waals surface area contributed by atoms with Crippen LogP contribution in [0.15, 0.2) is 24.3 Å². The molecule has 3 nitrogen and oxygen atoms in total. The Bertz CT molecular complexity index is 330. The highest BCUT2D eigenvalue weighted by atomic mass is 16.5. The second-order valence-corrected chi connectivity index (χ2v) is 4.26. The molecule has 0 aromatic heterocycles. The fraction of sp³-hybridized carbons (Fsp3) is 0.500. The molecule has 15 heavy (non-hydrogen) atoms. The molecule has 1 aliphatic heterocycles. The lowest BCUT2D eigenvalue weighted by atomic mass is 10.2. The van der Waals surface area contributed by atoms with Gasteiger partial charge in [0.05, 0.1) is 12.2 Å². The second-order valence-electron chi connectivity index (χ2n) is 4.26. The standard InChI is InChI=1S/C12H18N2O/c1-9-7-14(8-10(2)15-9)12-5-3-4-11(13)6-12/h3-6,9-10H,7-8,13H2,1-2H3. The molecule has 1 saturated heterocycles. The van der Waals surface area contributed by atoms with Gasteiger partial charge in [-0.2, -0.15) is 0 Å². The average molecular weight is 206 g/mol. The summed E-state index contributed by atoms with van der Waals surface area (Å²) in [5.41, 5.74) is 7.79. The monoisotopic (exact) mass is 206 g/mol. The molecule has 1 aromatic carbocycles. The van der Waals surface area contributed by atoms with Crippen LogP contribution in [0.25, 0.3) is 0 Å². The summed E-state index contributed by atoms with van der Waals surface area (Å²) in [7, 11) is 0. The molecule has 82 valence electrons. The zero-order valence-electron chi connectivity index (χ0n) is 9.31. The van der Waals surface area contributed by atoms with Crippen LogP contribution in [0.3, 0.4) is 0 Å². The van der Waals surface area contributed by atoms with E-state index >= 15 is 0 Å². The van der Waals surface area contributed by atoms with E-state index in [1.54, 1.807) is 0 Å². The Labute approximate surface area is 90.8 Å². The van der Waals surface area contributed by atoms with E-state index in [1.807, 2.05) is 18.2 Å². The van der Waals surface area contributed by atoms with E-state index in [4.69, 9.17) is 10.5 Å². The van der Waals surface area contributed by atoms with Crippen LogP contribution in [-0.2, 0) is 4.74 Å². The van der Waals surface area contributed by atoms with Crippen molar-refractivity contribution in [2.24, 2.45) is 0 Å². The van der Waals surface area contributed by atoms with E-state index in [2.05, 4.69) is 24.8 Å². The first-order valence-electron chi connectivity index (χ1n) is 5.41. The Morgan fingerprint density at radius 2 is 1.93 bits per heavy atom. The molecule has 2 unspecified atom stereocenters. The highest BCUT2D eigenvalue weighted by Gasteiger charge is 2.22. The number of anilines is 2. The number of hydrogen-bond acceptors (Lipinski definition) is 3. The molecule has 0 radical (unpaired) electrons. The quantitative estimate of drug-likeness (QED) is 0.713. The summed E-state index contributed by atoms with van der Waals surface area (Å²) in [6, 6.07) is 8.03. The summed E-state index contributed by atoms with van der Waals surface area (Å²) in [5.74, 6) is 0. The number of nitrogens with two attached hydrogens (primary N) is 1. The van der Waals surface area contributed by atoms with Gasteiger partial charge in [0.2, 0.25) is 0 Å². The molecule has 2 N–H and O–H groups in total. The molecular weight excluding hydrogens is 188 g/mol. The third-order valence-electron chi connectivity index (χ3n) is 2.65. The Hall–Kier alpha value is -1.22. The van der Waals surface area contributed by atoms with Gasteiger partial charge in [-0.15, -0.1) is 0 Å². The lowest BCUT2D eigenvalue weighted by molar-refractivity contribution is -0.00521. The average Bonchev–Trinajstić information content (AvgIpc) is 2.16. The van der Waals surface area contributed by atoms with Crippen molar-refractivity contribution in [3.8, 4) is 0 Å². The molecule has 1 heterocycles. The van der Waals surface area contributed by atoms with E-state index in [-0.39, 0.29) is 12.2 Å². The minimum Gasteiger partial charge on any atom is -0.399 e. The summed E-state index contributed by atoms with van der Waals surface area (Å²) >= 11 is 0. The van der Waals surface area contributed by atoms with Crippen molar-refractivity contribution in [2.75, 3.05) is 23.7 Å². The largest absolute Gasteiger partial charge is 0.399 e. The number of nitrogens with zero attached hydrogens (tertiary/aromatic N) is 1. The Morgan fingerprint density at radius 1 is 1.27 bits per heavy atom. The summed E-state index contributed by atoms with van der Waals surface area (Å²) in [6.45, 7) is 6.09. The molecule has 2 atom stereocenters. The van der Waals surface area contributed by atoms with Crippen molar-refractivity contribution in [1.82, 2.24) is 0 Å². The lowest BCUT2D eigenvalue weighted by Gasteiger charge is -2.36. The van der Waals surface area contributed by atoms with Gasteiger partial charge in [0.25, 0.3) is 0 Å². The Balaban J connectivity index is 2.16. The van der Waals surface area contributed by atoms with Gasteiger partial charge in [-0.1, -0.05) is 6.07 Å². The minimum absolute atomic E-state index is 0.287. The fourth-order valence-corrected chi connectivity index (χ4v) is 2.11. The smallest absolute Gasteiger partial charge is 0.0726 e. The van der Waals surface area contributed by atoms with Gasteiger partial charge in [-0.05, 0) is 32.0 Å². The van der Waals surface area contributed by atoms with Crippen molar-refractivity contribution >= 4 is 11.4 Å². The van der Waals surface area contributed by atoms with Crippen LogP contribution in [-0.4, -0.2) is 25.3 Å². The van der Waals surface area contributed by atoms with E-state index in [0.29, 0.717) is 0 Å². The van der Waals surface area contributed by atoms with Crippen molar-refractivity contribution < 1.29 is 4.74 Å². The van der Waals surface area contributed by atoms with Gasteiger partial charge in [-0.3, -0.25) is 0 Å². The zero-order chi connectivity index (χ0) is 10.8.